The van der Waals surface area contributed by atoms with Crippen LogP contribution in [0.3, 0.4) is 0 Å². The van der Waals surface area contributed by atoms with Gasteiger partial charge in [-0.3, -0.25) is 4.79 Å². The number of carbonyl (C=O) groups excluding carboxylic acids is 1. The van der Waals surface area contributed by atoms with Crippen LogP contribution in [-0.2, 0) is 31.1 Å². The molecular weight excluding hydrogens is 460 g/mol. The summed E-state index contributed by atoms with van der Waals surface area (Å²) >= 11 is 0. The number of hydrogen-bond acceptors (Lipinski definition) is 1. The fourth-order valence-electron chi connectivity index (χ4n) is 2.52. The maximum Gasteiger partial charge on any atom is 0.416 e. The lowest BCUT2D eigenvalue weighted by Crippen LogP contribution is -2.15. The molecule has 0 saturated carbocycles. The van der Waals surface area contributed by atoms with Gasteiger partial charge in [-0.2, -0.15) is 52.7 Å². The van der Waals surface area contributed by atoms with Crippen LogP contribution < -0.4 is 0 Å². The highest BCUT2D eigenvalue weighted by Gasteiger charge is 2.39. The van der Waals surface area contributed by atoms with Crippen molar-refractivity contribution in [1.29, 1.82) is 0 Å². The summed E-state index contributed by atoms with van der Waals surface area (Å²) in [5.41, 5.74) is -9.35. The highest BCUT2D eigenvalue weighted by molar-refractivity contribution is 5.98. The first-order valence-electron chi connectivity index (χ1n) is 7.89. The first kappa shape index (κ1) is 24.5. The largest absolute Gasteiger partial charge is 0.416 e. The number of ketones is 1. The van der Waals surface area contributed by atoms with E-state index in [1.54, 1.807) is 0 Å². The van der Waals surface area contributed by atoms with E-state index in [0.29, 0.717) is 0 Å². The topological polar surface area (TPSA) is 17.1 Å². The number of halogens is 12. The number of carbonyl (C=O) groups is 1. The standard InChI is InChI=1S/C18H8F12O/c19-15(20,21)10-1-8(2-11(6-10)16(22,23)24)3-14(31)9-4-12(17(25,26)27)7-13(5-9)18(28,29)30/h1-2,4-7H,3H2. The van der Waals surface area contributed by atoms with Gasteiger partial charge in [0.15, 0.2) is 5.78 Å². The summed E-state index contributed by atoms with van der Waals surface area (Å²) in [6, 6.07) is -0.120. The molecule has 31 heavy (non-hydrogen) atoms. The van der Waals surface area contributed by atoms with E-state index in [-0.39, 0.29) is 36.4 Å². The second-order valence-corrected chi connectivity index (χ2v) is 6.31. The van der Waals surface area contributed by atoms with Crippen molar-refractivity contribution in [3.63, 3.8) is 0 Å². The highest BCUT2D eigenvalue weighted by Crippen LogP contribution is 2.38. The summed E-state index contributed by atoms with van der Waals surface area (Å²) in [5, 5.41) is 0. The van der Waals surface area contributed by atoms with Crippen LogP contribution in [0.5, 0.6) is 0 Å². The molecule has 0 atom stereocenters. The van der Waals surface area contributed by atoms with Gasteiger partial charge in [0.2, 0.25) is 0 Å². The second kappa shape index (κ2) is 7.75. The van der Waals surface area contributed by atoms with Crippen LogP contribution in [0, 0.1) is 0 Å². The van der Waals surface area contributed by atoms with Crippen molar-refractivity contribution in [2.24, 2.45) is 0 Å². The van der Waals surface area contributed by atoms with Crippen LogP contribution in [0.25, 0.3) is 0 Å². The summed E-state index contributed by atoms with van der Waals surface area (Å²) in [5.74, 6) is -1.54. The van der Waals surface area contributed by atoms with Crippen LogP contribution in [0.1, 0.15) is 38.2 Å². The Labute approximate surface area is 165 Å². The van der Waals surface area contributed by atoms with Crippen molar-refractivity contribution in [2.75, 3.05) is 0 Å². The van der Waals surface area contributed by atoms with Gasteiger partial charge in [-0.1, -0.05) is 0 Å². The van der Waals surface area contributed by atoms with Crippen LogP contribution in [0.2, 0.25) is 0 Å². The van der Waals surface area contributed by atoms with Crippen LogP contribution in [-0.4, -0.2) is 5.78 Å². The molecule has 0 radical (unpaired) electrons. The smallest absolute Gasteiger partial charge is 0.294 e. The lowest BCUT2D eigenvalue weighted by Gasteiger charge is -2.15. The Morgan fingerprint density at radius 1 is 0.516 bits per heavy atom. The monoisotopic (exact) mass is 468 g/mol. The predicted molar refractivity (Wildman–Crippen MR) is 80.9 cm³/mol. The van der Waals surface area contributed by atoms with E-state index in [1.807, 2.05) is 0 Å². The SMILES string of the molecule is O=C(Cc1cc(C(F)(F)F)cc(C(F)(F)F)c1)c1cc(C(F)(F)F)cc(C(F)(F)F)c1. The Bertz CT molecular complexity index is 912. The van der Waals surface area contributed by atoms with E-state index < -0.39 is 70.3 Å². The second-order valence-electron chi connectivity index (χ2n) is 6.31. The third-order valence-corrected chi connectivity index (χ3v) is 3.92. The van der Waals surface area contributed by atoms with Crippen LogP contribution >= 0.6 is 0 Å². The lowest BCUT2D eigenvalue weighted by molar-refractivity contribution is -0.144. The number of rotatable bonds is 3. The normalized spacial score (nSPS) is 13.4. The quantitative estimate of drug-likeness (QED) is 0.344. The summed E-state index contributed by atoms with van der Waals surface area (Å²) in [6.45, 7) is 0. The molecular formula is C18H8F12O. The molecule has 13 heteroatoms. The number of hydrogen-bond donors (Lipinski definition) is 0. The highest BCUT2D eigenvalue weighted by atomic mass is 19.4. The van der Waals surface area contributed by atoms with Gasteiger partial charge in [0, 0.05) is 12.0 Å². The zero-order chi connectivity index (χ0) is 24.0. The third-order valence-electron chi connectivity index (χ3n) is 3.92. The molecule has 0 aliphatic heterocycles. The van der Waals surface area contributed by atoms with Crippen molar-refractivity contribution in [2.45, 2.75) is 31.1 Å². The molecule has 0 saturated heterocycles. The van der Waals surface area contributed by atoms with Crippen LogP contribution in [0.4, 0.5) is 52.7 Å². The molecule has 0 aliphatic rings. The van der Waals surface area contributed by atoms with E-state index in [2.05, 4.69) is 0 Å². The van der Waals surface area contributed by atoms with Crippen molar-refractivity contribution >= 4 is 5.78 Å². The van der Waals surface area contributed by atoms with Gasteiger partial charge in [0.1, 0.15) is 0 Å². The van der Waals surface area contributed by atoms with E-state index in [9.17, 15) is 57.5 Å². The minimum Gasteiger partial charge on any atom is -0.294 e. The summed E-state index contributed by atoms with van der Waals surface area (Å²) in [7, 11) is 0. The van der Waals surface area contributed by atoms with Crippen molar-refractivity contribution < 1.29 is 57.5 Å². The molecule has 0 aliphatic carbocycles. The number of Topliss-reactive ketones (excluding diaryl/α,β-unsaturated/α-hetero) is 1. The van der Waals surface area contributed by atoms with Gasteiger partial charge in [-0.25, -0.2) is 0 Å². The molecule has 0 bridgehead atoms. The van der Waals surface area contributed by atoms with E-state index in [0.717, 1.165) is 0 Å². The van der Waals surface area contributed by atoms with Gasteiger partial charge < -0.3 is 0 Å². The van der Waals surface area contributed by atoms with Crippen molar-refractivity contribution in [3.05, 3.63) is 69.8 Å². The van der Waals surface area contributed by atoms with E-state index in [1.165, 1.54) is 0 Å². The minimum atomic E-state index is -5.30. The summed E-state index contributed by atoms with van der Waals surface area (Å²) in [6.07, 6.45) is -22.4. The number of benzene rings is 2. The molecule has 0 unspecified atom stereocenters. The summed E-state index contributed by atoms with van der Waals surface area (Å²) < 4.78 is 154. The predicted octanol–water partition coefficient (Wildman–Crippen LogP) is 7.19. The number of alkyl halides is 12. The van der Waals surface area contributed by atoms with Crippen molar-refractivity contribution in [1.82, 2.24) is 0 Å². The van der Waals surface area contributed by atoms with Gasteiger partial charge in [0.05, 0.1) is 22.3 Å². The maximum atomic E-state index is 12.9. The average molecular weight is 468 g/mol. The van der Waals surface area contributed by atoms with Crippen molar-refractivity contribution in [3.8, 4) is 0 Å². The zero-order valence-electron chi connectivity index (χ0n) is 14.6. The van der Waals surface area contributed by atoms with Crippen LogP contribution in [0.15, 0.2) is 36.4 Å². The molecule has 170 valence electrons. The molecule has 0 spiro atoms. The Kier molecular flexibility index (Phi) is 6.14. The minimum absolute atomic E-state index is 0.0376. The molecule has 2 rings (SSSR count). The van der Waals surface area contributed by atoms with E-state index in [4.69, 9.17) is 0 Å². The Balaban J connectivity index is 2.54. The molecule has 0 aromatic heterocycles. The Hall–Kier alpha value is -2.73. The van der Waals surface area contributed by atoms with Gasteiger partial charge in [0.25, 0.3) is 0 Å². The third kappa shape index (κ3) is 6.14. The fraction of sp³-hybridized carbons (Fsp3) is 0.278. The zero-order valence-corrected chi connectivity index (χ0v) is 14.6. The maximum absolute atomic E-state index is 12.9. The fourth-order valence-corrected chi connectivity index (χ4v) is 2.52. The molecule has 0 N–H and O–H groups in total. The Morgan fingerprint density at radius 3 is 1.10 bits per heavy atom. The van der Waals surface area contributed by atoms with E-state index >= 15 is 0 Å². The average Bonchev–Trinajstić information content (AvgIpc) is 2.58. The molecule has 2 aromatic rings. The molecule has 0 fully saturated rings. The summed E-state index contributed by atoms with van der Waals surface area (Å²) in [4.78, 5) is 12.2. The molecule has 1 nitrogen and oxygen atoms in total. The lowest BCUT2D eigenvalue weighted by atomic mass is 9.96. The molecule has 0 heterocycles. The Morgan fingerprint density at radius 2 is 0.806 bits per heavy atom. The van der Waals surface area contributed by atoms with Gasteiger partial charge >= 0.3 is 24.7 Å². The van der Waals surface area contributed by atoms with Gasteiger partial charge in [-0.15, -0.1) is 0 Å². The molecule has 0 amide bonds. The first-order chi connectivity index (χ1) is 13.8. The van der Waals surface area contributed by atoms with Gasteiger partial charge in [-0.05, 0) is 42.0 Å². The molecule has 2 aromatic carbocycles. The first-order valence-corrected chi connectivity index (χ1v) is 7.89.